The van der Waals surface area contributed by atoms with Crippen LogP contribution in [0.2, 0.25) is 0 Å². The van der Waals surface area contributed by atoms with Crippen molar-refractivity contribution in [3.8, 4) is 0 Å². The average Bonchev–Trinajstić information content (AvgIpc) is 2.50. The molecule has 1 aromatic rings. The SMILES string of the molecule is OC1CCC(c2cc(F)cc(F)c2)C1. The minimum Gasteiger partial charge on any atom is -0.393 e. The van der Waals surface area contributed by atoms with Gasteiger partial charge in [-0.15, -0.1) is 0 Å². The molecule has 1 aliphatic carbocycles. The number of hydrogen-bond acceptors (Lipinski definition) is 1. The van der Waals surface area contributed by atoms with Gasteiger partial charge in [0, 0.05) is 6.07 Å². The molecule has 0 heterocycles. The molecule has 3 heteroatoms. The molecular formula is C11H12F2O. The summed E-state index contributed by atoms with van der Waals surface area (Å²) in [4.78, 5) is 0. The summed E-state index contributed by atoms with van der Waals surface area (Å²) in [6, 6.07) is 3.58. The van der Waals surface area contributed by atoms with E-state index in [2.05, 4.69) is 0 Å². The van der Waals surface area contributed by atoms with Crippen LogP contribution >= 0.6 is 0 Å². The summed E-state index contributed by atoms with van der Waals surface area (Å²) in [5.41, 5.74) is 0.666. The summed E-state index contributed by atoms with van der Waals surface area (Å²) >= 11 is 0. The Hall–Kier alpha value is -0.960. The van der Waals surface area contributed by atoms with E-state index in [0.29, 0.717) is 12.0 Å². The molecule has 2 unspecified atom stereocenters. The maximum Gasteiger partial charge on any atom is 0.126 e. The van der Waals surface area contributed by atoms with E-state index in [-0.39, 0.29) is 12.0 Å². The van der Waals surface area contributed by atoms with Crippen LogP contribution < -0.4 is 0 Å². The van der Waals surface area contributed by atoms with E-state index >= 15 is 0 Å². The minimum absolute atomic E-state index is 0.107. The fraction of sp³-hybridized carbons (Fsp3) is 0.455. The third kappa shape index (κ3) is 1.93. The van der Waals surface area contributed by atoms with Crippen LogP contribution in [0.4, 0.5) is 8.78 Å². The first-order valence-electron chi connectivity index (χ1n) is 4.79. The van der Waals surface area contributed by atoms with E-state index in [1.54, 1.807) is 0 Å². The molecule has 76 valence electrons. The molecule has 1 aromatic carbocycles. The van der Waals surface area contributed by atoms with Gasteiger partial charge < -0.3 is 5.11 Å². The van der Waals surface area contributed by atoms with Crippen LogP contribution in [0.25, 0.3) is 0 Å². The number of aliphatic hydroxyl groups excluding tert-OH is 1. The molecule has 0 spiro atoms. The maximum absolute atomic E-state index is 12.9. The largest absolute Gasteiger partial charge is 0.393 e. The first kappa shape index (κ1) is 9.59. The van der Waals surface area contributed by atoms with Crippen molar-refractivity contribution in [2.45, 2.75) is 31.3 Å². The van der Waals surface area contributed by atoms with Crippen LogP contribution in [-0.4, -0.2) is 11.2 Å². The number of aliphatic hydroxyl groups is 1. The minimum atomic E-state index is -0.540. The van der Waals surface area contributed by atoms with E-state index in [9.17, 15) is 13.9 Å². The molecule has 0 aromatic heterocycles. The molecule has 0 saturated heterocycles. The van der Waals surface area contributed by atoms with Gasteiger partial charge in [-0.2, -0.15) is 0 Å². The Balaban J connectivity index is 2.23. The van der Waals surface area contributed by atoms with Gasteiger partial charge in [-0.25, -0.2) is 8.78 Å². The van der Waals surface area contributed by atoms with Crippen LogP contribution in [-0.2, 0) is 0 Å². The predicted octanol–water partition coefficient (Wildman–Crippen LogP) is 2.59. The fourth-order valence-electron chi connectivity index (χ4n) is 2.07. The summed E-state index contributed by atoms with van der Waals surface area (Å²) in [5.74, 6) is -0.974. The van der Waals surface area contributed by atoms with Gasteiger partial charge >= 0.3 is 0 Å². The van der Waals surface area contributed by atoms with Crippen molar-refractivity contribution in [1.82, 2.24) is 0 Å². The number of halogens is 2. The molecule has 1 aliphatic rings. The van der Waals surface area contributed by atoms with Crippen molar-refractivity contribution in [1.29, 1.82) is 0 Å². The second-order valence-electron chi connectivity index (χ2n) is 3.87. The van der Waals surface area contributed by atoms with Crippen LogP contribution in [0.3, 0.4) is 0 Å². The molecule has 0 aliphatic heterocycles. The highest BCUT2D eigenvalue weighted by Crippen LogP contribution is 2.34. The molecule has 0 amide bonds. The van der Waals surface area contributed by atoms with E-state index in [1.165, 1.54) is 12.1 Å². The third-order valence-corrected chi connectivity index (χ3v) is 2.76. The van der Waals surface area contributed by atoms with Gasteiger partial charge in [0.1, 0.15) is 11.6 Å². The summed E-state index contributed by atoms with van der Waals surface area (Å²) in [6.45, 7) is 0. The van der Waals surface area contributed by atoms with Gasteiger partial charge in [0.15, 0.2) is 0 Å². The second kappa shape index (κ2) is 3.65. The topological polar surface area (TPSA) is 20.2 Å². The van der Waals surface area contributed by atoms with Gasteiger partial charge in [-0.05, 0) is 42.9 Å². The number of hydrogen-bond donors (Lipinski definition) is 1. The van der Waals surface area contributed by atoms with E-state index in [0.717, 1.165) is 18.9 Å². The Kier molecular flexibility index (Phi) is 2.50. The van der Waals surface area contributed by atoms with Crippen molar-refractivity contribution >= 4 is 0 Å². The van der Waals surface area contributed by atoms with Crippen molar-refractivity contribution in [2.75, 3.05) is 0 Å². The monoisotopic (exact) mass is 198 g/mol. The molecular weight excluding hydrogens is 186 g/mol. The van der Waals surface area contributed by atoms with Crippen LogP contribution in [0.5, 0.6) is 0 Å². The molecule has 1 saturated carbocycles. The second-order valence-corrected chi connectivity index (χ2v) is 3.87. The Morgan fingerprint density at radius 1 is 1.07 bits per heavy atom. The van der Waals surface area contributed by atoms with Gasteiger partial charge in [-0.3, -0.25) is 0 Å². The zero-order valence-corrected chi connectivity index (χ0v) is 7.71. The molecule has 14 heavy (non-hydrogen) atoms. The predicted molar refractivity (Wildman–Crippen MR) is 49.0 cm³/mol. The lowest BCUT2D eigenvalue weighted by atomic mass is 9.97. The molecule has 1 nitrogen and oxygen atoms in total. The Morgan fingerprint density at radius 3 is 2.21 bits per heavy atom. The zero-order chi connectivity index (χ0) is 10.1. The quantitative estimate of drug-likeness (QED) is 0.735. The first-order valence-corrected chi connectivity index (χ1v) is 4.79. The average molecular weight is 198 g/mol. The maximum atomic E-state index is 12.9. The van der Waals surface area contributed by atoms with Crippen molar-refractivity contribution in [2.24, 2.45) is 0 Å². The highest BCUT2D eigenvalue weighted by molar-refractivity contribution is 5.23. The van der Waals surface area contributed by atoms with Crippen LogP contribution in [0.15, 0.2) is 18.2 Å². The molecule has 0 radical (unpaired) electrons. The van der Waals surface area contributed by atoms with E-state index in [4.69, 9.17) is 0 Å². The lowest BCUT2D eigenvalue weighted by Gasteiger charge is -2.09. The van der Waals surface area contributed by atoms with Crippen LogP contribution in [0.1, 0.15) is 30.7 Å². The Morgan fingerprint density at radius 2 is 1.71 bits per heavy atom. The van der Waals surface area contributed by atoms with Gasteiger partial charge in [-0.1, -0.05) is 0 Å². The first-order chi connectivity index (χ1) is 6.65. The van der Waals surface area contributed by atoms with E-state index < -0.39 is 11.6 Å². The van der Waals surface area contributed by atoms with Crippen molar-refractivity contribution < 1.29 is 13.9 Å². The van der Waals surface area contributed by atoms with Gasteiger partial charge in [0.2, 0.25) is 0 Å². The lowest BCUT2D eigenvalue weighted by molar-refractivity contribution is 0.181. The highest BCUT2D eigenvalue weighted by atomic mass is 19.1. The third-order valence-electron chi connectivity index (χ3n) is 2.76. The highest BCUT2D eigenvalue weighted by Gasteiger charge is 2.24. The molecule has 1 fully saturated rings. The molecule has 2 atom stereocenters. The summed E-state index contributed by atoms with van der Waals surface area (Å²) in [6.07, 6.45) is 1.83. The number of benzene rings is 1. The summed E-state index contributed by atoms with van der Waals surface area (Å²) in [5, 5.41) is 9.31. The summed E-state index contributed by atoms with van der Waals surface area (Å²) in [7, 11) is 0. The Labute approximate surface area is 81.4 Å². The molecule has 2 rings (SSSR count). The summed E-state index contributed by atoms with van der Waals surface area (Å²) < 4.78 is 25.8. The van der Waals surface area contributed by atoms with Gasteiger partial charge in [0.05, 0.1) is 6.10 Å². The van der Waals surface area contributed by atoms with Crippen molar-refractivity contribution in [3.05, 3.63) is 35.4 Å². The number of rotatable bonds is 1. The normalized spacial score (nSPS) is 26.8. The lowest BCUT2D eigenvalue weighted by Crippen LogP contribution is -2.00. The van der Waals surface area contributed by atoms with Gasteiger partial charge in [0.25, 0.3) is 0 Å². The van der Waals surface area contributed by atoms with Crippen molar-refractivity contribution in [3.63, 3.8) is 0 Å². The molecule has 0 bridgehead atoms. The van der Waals surface area contributed by atoms with Crippen LogP contribution in [0, 0.1) is 11.6 Å². The molecule has 1 N–H and O–H groups in total. The Bertz CT molecular complexity index is 318. The van der Waals surface area contributed by atoms with E-state index in [1.807, 2.05) is 0 Å². The fourth-order valence-corrected chi connectivity index (χ4v) is 2.07. The zero-order valence-electron chi connectivity index (χ0n) is 7.71. The smallest absolute Gasteiger partial charge is 0.126 e. The standard InChI is InChI=1S/C11H12F2O/c12-9-3-8(4-10(13)6-9)7-1-2-11(14)5-7/h3-4,6-7,11,14H,1-2,5H2.